The van der Waals surface area contributed by atoms with Gasteiger partial charge in [0.05, 0.1) is 16.0 Å². The summed E-state index contributed by atoms with van der Waals surface area (Å²) in [4.78, 5) is 18.2. The number of nitrogens with one attached hydrogen (secondary N) is 2. The SMILES string of the molecule is O=C(Nc1ccc(S(=O)(=O)NCc2ccccc2)cc1)c1c2c(nc3ccc(Cl)cc13)CCC2. The predicted molar refractivity (Wildman–Crippen MR) is 134 cm³/mol. The summed E-state index contributed by atoms with van der Waals surface area (Å²) in [5.74, 6) is -0.259. The van der Waals surface area contributed by atoms with E-state index < -0.39 is 10.0 Å². The zero-order valence-corrected chi connectivity index (χ0v) is 19.8. The molecular weight excluding hydrogens is 470 g/mol. The molecule has 0 bridgehead atoms. The van der Waals surface area contributed by atoms with E-state index in [1.165, 1.54) is 12.1 Å². The molecule has 1 heterocycles. The normalized spacial score (nSPS) is 13.1. The van der Waals surface area contributed by atoms with Gasteiger partial charge in [0.2, 0.25) is 10.0 Å². The number of benzene rings is 3. The number of fused-ring (bicyclic) bond motifs is 2. The second kappa shape index (κ2) is 9.18. The Labute approximate surface area is 203 Å². The number of hydrogen-bond acceptors (Lipinski definition) is 4. The molecule has 0 atom stereocenters. The van der Waals surface area contributed by atoms with Crippen LogP contribution in [0.15, 0.2) is 77.7 Å². The van der Waals surface area contributed by atoms with E-state index in [4.69, 9.17) is 16.6 Å². The molecule has 8 heteroatoms. The summed E-state index contributed by atoms with van der Waals surface area (Å²) in [6.07, 6.45) is 2.59. The highest BCUT2D eigenvalue weighted by Crippen LogP contribution is 2.32. The lowest BCUT2D eigenvalue weighted by molar-refractivity contribution is 0.102. The molecule has 1 aliphatic rings. The van der Waals surface area contributed by atoms with Crippen LogP contribution in [0.4, 0.5) is 5.69 Å². The number of rotatable bonds is 6. The number of anilines is 1. The molecule has 0 saturated carbocycles. The first kappa shape index (κ1) is 22.5. The monoisotopic (exact) mass is 491 g/mol. The largest absolute Gasteiger partial charge is 0.322 e. The Bertz CT molecular complexity index is 1490. The first-order valence-electron chi connectivity index (χ1n) is 11.0. The van der Waals surface area contributed by atoms with Crippen LogP contribution in [0, 0.1) is 0 Å². The van der Waals surface area contributed by atoms with Crippen LogP contribution in [0.3, 0.4) is 0 Å². The van der Waals surface area contributed by atoms with Crippen LogP contribution < -0.4 is 10.0 Å². The fraction of sp³-hybridized carbons (Fsp3) is 0.154. The van der Waals surface area contributed by atoms with Crippen molar-refractivity contribution in [1.82, 2.24) is 9.71 Å². The van der Waals surface area contributed by atoms with Gasteiger partial charge in [0, 0.05) is 28.3 Å². The summed E-state index contributed by atoms with van der Waals surface area (Å²) in [7, 11) is -3.68. The van der Waals surface area contributed by atoms with Gasteiger partial charge in [0.1, 0.15) is 0 Å². The van der Waals surface area contributed by atoms with Crippen molar-refractivity contribution in [2.75, 3.05) is 5.32 Å². The van der Waals surface area contributed by atoms with Crippen LogP contribution in [0.2, 0.25) is 5.02 Å². The lowest BCUT2D eigenvalue weighted by atomic mass is 10.0. The van der Waals surface area contributed by atoms with Gasteiger partial charge in [-0.15, -0.1) is 0 Å². The Balaban J connectivity index is 1.37. The number of amides is 1. The first-order chi connectivity index (χ1) is 16.4. The number of nitrogens with zero attached hydrogens (tertiary/aromatic N) is 1. The molecule has 1 aliphatic carbocycles. The molecule has 34 heavy (non-hydrogen) atoms. The third-order valence-electron chi connectivity index (χ3n) is 5.93. The lowest BCUT2D eigenvalue weighted by Crippen LogP contribution is -2.23. The molecule has 1 aromatic heterocycles. The quantitative estimate of drug-likeness (QED) is 0.392. The third-order valence-corrected chi connectivity index (χ3v) is 7.58. The van der Waals surface area contributed by atoms with E-state index in [-0.39, 0.29) is 17.3 Å². The minimum absolute atomic E-state index is 0.128. The van der Waals surface area contributed by atoms with Gasteiger partial charge in [-0.1, -0.05) is 41.9 Å². The highest BCUT2D eigenvalue weighted by atomic mass is 35.5. The standard InChI is InChI=1S/C26H22ClN3O3S/c27-18-9-14-24-22(15-18)25(21-7-4-8-23(21)30-24)26(31)29-19-10-12-20(13-11-19)34(32,33)28-16-17-5-2-1-3-6-17/h1-3,5-6,9-15,28H,4,7-8,16H2,(H,29,31). The minimum Gasteiger partial charge on any atom is -0.322 e. The van der Waals surface area contributed by atoms with Gasteiger partial charge in [-0.3, -0.25) is 9.78 Å². The minimum atomic E-state index is -3.68. The summed E-state index contributed by atoms with van der Waals surface area (Å²) in [5.41, 5.74) is 4.60. The maximum atomic E-state index is 13.3. The van der Waals surface area contributed by atoms with Crippen LogP contribution >= 0.6 is 11.6 Å². The topological polar surface area (TPSA) is 88.2 Å². The van der Waals surface area contributed by atoms with Crippen molar-refractivity contribution in [3.05, 3.63) is 100 Å². The second-order valence-corrected chi connectivity index (χ2v) is 10.4. The maximum Gasteiger partial charge on any atom is 0.256 e. The average Bonchev–Trinajstić information content (AvgIpc) is 3.30. The molecule has 0 unspecified atom stereocenters. The zero-order chi connectivity index (χ0) is 23.7. The molecule has 0 fully saturated rings. The Morgan fingerprint density at radius 2 is 1.74 bits per heavy atom. The molecule has 0 radical (unpaired) electrons. The van der Waals surface area contributed by atoms with E-state index in [1.54, 1.807) is 24.3 Å². The molecule has 5 rings (SSSR count). The smallest absolute Gasteiger partial charge is 0.256 e. The van der Waals surface area contributed by atoms with Gasteiger partial charge in [-0.05, 0) is 72.9 Å². The summed E-state index contributed by atoms with van der Waals surface area (Å²) in [5, 5.41) is 4.17. The number of carbonyl (C=O) groups excluding carboxylic acids is 1. The van der Waals surface area contributed by atoms with Crippen molar-refractivity contribution in [3.63, 3.8) is 0 Å². The number of hydrogen-bond donors (Lipinski definition) is 2. The Hall–Kier alpha value is -3.26. The highest BCUT2D eigenvalue weighted by molar-refractivity contribution is 7.89. The Morgan fingerprint density at radius 3 is 2.50 bits per heavy atom. The third kappa shape index (κ3) is 4.55. The predicted octanol–water partition coefficient (Wildman–Crippen LogP) is 5.11. The number of carbonyl (C=O) groups is 1. The van der Waals surface area contributed by atoms with E-state index in [0.717, 1.165) is 47.0 Å². The maximum absolute atomic E-state index is 13.3. The van der Waals surface area contributed by atoms with E-state index in [2.05, 4.69) is 10.0 Å². The van der Waals surface area contributed by atoms with Crippen molar-refractivity contribution in [1.29, 1.82) is 0 Å². The van der Waals surface area contributed by atoms with Gasteiger partial charge < -0.3 is 5.32 Å². The van der Waals surface area contributed by atoms with Gasteiger partial charge in [0.25, 0.3) is 5.91 Å². The van der Waals surface area contributed by atoms with Crippen LogP contribution in [0.1, 0.15) is 33.6 Å². The van der Waals surface area contributed by atoms with Crippen molar-refractivity contribution >= 4 is 44.1 Å². The average molecular weight is 492 g/mol. The van der Waals surface area contributed by atoms with Gasteiger partial charge in [-0.2, -0.15) is 0 Å². The fourth-order valence-electron chi connectivity index (χ4n) is 4.26. The molecule has 0 saturated heterocycles. The molecule has 4 aromatic rings. The van der Waals surface area contributed by atoms with Crippen LogP contribution in [-0.2, 0) is 29.4 Å². The van der Waals surface area contributed by atoms with Crippen LogP contribution in [0.5, 0.6) is 0 Å². The lowest BCUT2D eigenvalue weighted by Gasteiger charge is -2.13. The van der Waals surface area contributed by atoms with Crippen molar-refractivity contribution in [2.24, 2.45) is 0 Å². The van der Waals surface area contributed by atoms with Crippen molar-refractivity contribution in [3.8, 4) is 0 Å². The van der Waals surface area contributed by atoms with Crippen molar-refractivity contribution in [2.45, 2.75) is 30.7 Å². The van der Waals surface area contributed by atoms with Crippen LogP contribution in [-0.4, -0.2) is 19.3 Å². The number of sulfonamides is 1. The van der Waals surface area contributed by atoms with E-state index in [1.807, 2.05) is 36.4 Å². The molecule has 2 N–H and O–H groups in total. The Kier molecular flexibility index (Phi) is 6.08. The highest BCUT2D eigenvalue weighted by Gasteiger charge is 2.24. The van der Waals surface area contributed by atoms with E-state index >= 15 is 0 Å². The summed E-state index contributed by atoms with van der Waals surface area (Å²) in [6.45, 7) is 0.199. The summed E-state index contributed by atoms with van der Waals surface area (Å²) in [6, 6.07) is 20.8. The molecule has 6 nitrogen and oxygen atoms in total. The van der Waals surface area contributed by atoms with E-state index in [0.29, 0.717) is 16.3 Å². The molecule has 172 valence electrons. The molecule has 3 aromatic carbocycles. The molecule has 0 spiro atoms. The number of aryl methyl sites for hydroxylation is 1. The fourth-order valence-corrected chi connectivity index (χ4v) is 5.45. The number of halogens is 1. The molecular formula is C26H22ClN3O3S. The first-order valence-corrected chi connectivity index (χ1v) is 12.8. The summed E-state index contributed by atoms with van der Waals surface area (Å²) >= 11 is 6.21. The molecule has 0 aliphatic heterocycles. The van der Waals surface area contributed by atoms with Crippen LogP contribution in [0.25, 0.3) is 10.9 Å². The van der Waals surface area contributed by atoms with Gasteiger partial charge in [-0.25, -0.2) is 13.1 Å². The second-order valence-electron chi connectivity index (χ2n) is 8.22. The van der Waals surface area contributed by atoms with Gasteiger partial charge >= 0.3 is 0 Å². The van der Waals surface area contributed by atoms with E-state index in [9.17, 15) is 13.2 Å². The Morgan fingerprint density at radius 1 is 0.971 bits per heavy atom. The molecule has 1 amide bonds. The zero-order valence-electron chi connectivity index (χ0n) is 18.2. The summed E-state index contributed by atoms with van der Waals surface area (Å²) < 4.78 is 27.9. The number of pyridine rings is 1. The van der Waals surface area contributed by atoms with Gasteiger partial charge in [0.15, 0.2) is 0 Å². The van der Waals surface area contributed by atoms with Crippen molar-refractivity contribution < 1.29 is 13.2 Å². The number of aromatic nitrogens is 1.